The molecule has 4 N–H and O–H groups in total. The fourth-order valence-electron chi connectivity index (χ4n) is 4.10. The van der Waals surface area contributed by atoms with E-state index < -0.39 is 0 Å². The minimum absolute atomic E-state index is 0.344. The fourth-order valence-corrected chi connectivity index (χ4v) is 4.10. The predicted molar refractivity (Wildman–Crippen MR) is 136 cm³/mol. The number of aromatic amines is 1. The Morgan fingerprint density at radius 2 is 1.91 bits per heavy atom. The number of nitrogens with zero attached hydrogens (tertiary/aromatic N) is 3. The lowest BCUT2D eigenvalue weighted by atomic mass is 9.88. The van der Waals surface area contributed by atoms with Crippen molar-refractivity contribution in [2.75, 3.05) is 19.5 Å². The normalized spacial score (nSPS) is 12.4. The number of hydrogen-bond donors (Lipinski definition) is 4. The van der Waals surface area contributed by atoms with Crippen molar-refractivity contribution in [3.8, 4) is 16.9 Å². The maximum Gasteiger partial charge on any atom is 0.144 e. The summed E-state index contributed by atoms with van der Waals surface area (Å²) in [6, 6.07) is 4.01. The van der Waals surface area contributed by atoms with Gasteiger partial charge in [-0.25, -0.2) is 9.97 Å². The van der Waals surface area contributed by atoms with Crippen LogP contribution < -0.4 is 15.4 Å². The second-order valence-corrected chi connectivity index (χ2v) is 9.36. The predicted octanol–water partition coefficient (Wildman–Crippen LogP) is 5.24. The highest BCUT2D eigenvalue weighted by Crippen LogP contribution is 2.40. The SMILES string of the molecule is CN/C=C(/Nc1nc(C)nc2[nH]c3cc(-c4c(C)noc4C)c(OC)cc3c12)C(=N)C(C)(C)C. The van der Waals surface area contributed by atoms with Crippen LogP contribution in [0.5, 0.6) is 5.75 Å². The molecule has 3 heterocycles. The van der Waals surface area contributed by atoms with Crippen molar-refractivity contribution >= 4 is 33.5 Å². The number of H-pyrrole nitrogens is 1. The van der Waals surface area contributed by atoms with Gasteiger partial charge in [0.1, 0.15) is 28.8 Å². The lowest BCUT2D eigenvalue weighted by Gasteiger charge is -2.23. The van der Waals surface area contributed by atoms with Crippen LogP contribution in [0.25, 0.3) is 33.1 Å². The number of allylic oxidation sites excluding steroid dienone is 1. The average Bonchev–Trinajstić information content (AvgIpc) is 3.29. The van der Waals surface area contributed by atoms with Gasteiger partial charge in [-0.05, 0) is 32.9 Å². The molecule has 0 aliphatic heterocycles. The van der Waals surface area contributed by atoms with Crippen LogP contribution in [-0.2, 0) is 0 Å². The number of fused-ring (bicyclic) bond motifs is 3. The number of methoxy groups -OCH3 is 1. The summed E-state index contributed by atoms with van der Waals surface area (Å²) in [6.07, 6.45) is 1.78. The molecule has 9 nitrogen and oxygen atoms in total. The first-order chi connectivity index (χ1) is 16.0. The first-order valence-electron chi connectivity index (χ1n) is 11.1. The smallest absolute Gasteiger partial charge is 0.144 e. The van der Waals surface area contributed by atoms with Crippen LogP contribution in [-0.4, -0.2) is 40.0 Å². The van der Waals surface area contributed by atoms with Gasteiger partial charge in [0.2, 0.25) is 0 Å². The van der Waals surface area contributed by atoms with Crippen LogP contribution in [0.3, 0.4) is 0 Å². The number of nitrogens with one attached hydrogen (secondary N) is 4. The van der Waals surface area contributed by atoms with Gasteiger partial charge in [-0.3, -0.25) is 0 Å². The molecule has 1 aromatic carbocycles. The minimum atomic E-state index is -0.344. The molecule has 4 aromatic rings. The molecule has 0 amide bonds. The van der Waals surface area contributed by atoms with Gasteiger partial charge in [0.25, 0.3) is 0 Å². The van der Waals surface area contributed by atoms with Crippen LogP contribution in [0.4, 0.5) is 5.82 Å². The van der Waals surface area contributed by atoms with E-state index in [0.29, 0.717) is 34.4 Å². The Labute approximate surface area is 198 Å². The van der Waals surface area contributed by atoms with E-state index in [9.17, 15) is 0 Å². The Kier molecular flexibility index (Phi) is 5.80. The maximum absolute atomic E-state index is 8.69. The molecule has 9 heteroatoms. The molecule has 0 aliphatic rings. The van der Waals surface area contributed by atoms with Crippen LogP contribution in [0, 0.1) is 31.6 Å². The number of rotatable bonds is 6. The number of hydrogen-bond acceptors (Lipinski definition) is 8. The molecule has 0 fully saturated rings. The van der Waals surface area contributed by atoms with Gasteiger partial charge >= 0.3 is 0 Å². The molecule has 0 aliphatic carbocycles. The third-order valence-electron chi connectivity index (χ3n) is 5.75. The van der Waals surface area contributed by atoms with Crippen LogP contribution in [0.15, 0.2) is 28.6 Å². The minimum Gasteiger partial charge on any atom is -0.496 e. The summed E-state index contributed by atoms with van der Waals surface area (Å²) in [6.45, 7) is 11.7. The summed E-state index contributed by atoms with van der Waals surface area (Å²) in [7, 11) is 3.46. The molecular formula is C25H31N7O2. The third-order valence-corrected chi connectivity index (χ3v) is 5.75. The molecule has 0 bridgehead atoms. The summed E-state index contributed by atoms with van der Waals surface area (Å²) < 4.78 is 11.2. The largest absolute Gasteiger partial charge is 0.496 e. The number of ether oxygens (including phenoxy) is 1. The Morgan fingerprint density at radius 3 is 2.50 bits per heavy atom. The Bertz CT molecular complexity index is 1420. The van der Waals surface area contributed by atoms with Gasteiger partial charge in [0.05, 0.1) is 35.2 Å². The van der Waals surface area contributed by atoms with Crippen molar-refractivity contribution in [2.24, 2.45) is 5.41 Å². The highest BCUT2D eigenvalue weighted by molar-refractivity contribution is 6.14. The quantitative estimate of drug-likeness (QED) is 0.289. The monoisotopic (exact) mass is 461 g/mol. The van der Waals surface area contributed by atoms with E-state index >= 15 is 0 Å². The fraction of sp³-hybridized carbons (Fsp3) is 0.360. The Balaban J connectivity index is 1.95. The number of aromatic nitrogens is 4. The van der Waals surface area contributed by atoms with E-state index in [2.05, 4.69) is 25.8 Å². The van der Waals surface area contributed by atoms with Gasteiger partial charge in [-0.15, -0.1) is 0 Å². The highest BCUT2D eigenvalue weighted by atomic mass is 16.5. The van der Waals surface area contributed by atoms with Gasteiger partial charge in [-0.2, -0.15) is 0 Å². The van der Waals surface area contributed by atoms with Crippen molar-refractivity contribution in [2.45, 2.75) is 41.5 Å². The van der Waals surface area contributed by atoms with E-state index in [-0.39, 0.29) is 5.41 Å². The van der Waals surface area contributed by atoms with Crippen molar-refractivity contribution in [1.29, 1.82) is 5.41 Å². The van der Waals surface area contributed by atoms with Crippen LogP contribution in [0.1, 0.15) is 38.0 Å². The number of benzene rings is 1. The van der Waals surface area contributed by atoms with E-state index in [1.165, 1.54) is 0 Å². The summed E-state index contributed by atoms with van der Waals surface area (Å²) in [5.41, 5.74) is 4.95. The highest BCUT2D eigenvalue weighted by Gasteiger charge is 2.24. The third kappa shape index (κ3) is 3.98. The molecule has 4 rings (SSSR count). The molecule has 3 aromatic heterocycles. The summed E-state index contributed by atoms with van der Waals surface area (Å²) in [4.78, 5) is 12.8. The second-order valence-electron chi connectivity index (χ2n) is 9.36. The first kappa shape index (κ1) is 23.3. The standard InChI is InChI=1S/C25H31N7O2/c1-12-20(13(2)34-32-12)16-9-17-15(10-19(16)33-8)21-23(30-17)28-14(3)29-24(21)31-18(11-27-7)22(26)25(4,5)6/h9-11,26-27H,1-8H3,(H2,28,29,30,31)/b18-11+,26-22?. The second kappa shape index (κ2) is 8.48. The molecule has 34 heavy (non-hydrogen) atoms. The topological polar surface area (TPSA) is 125 Å². The van der Waals surface area contributed by atoms with E-state index in [1.807, 2.05) is 60.7 Å². The molecule has 0 saturated carbocycles. The first-order valence-corrected chi connectivity index (χ1v) is 11.1. The molecule has 0 spiro atoms. The van der Waals surface area contributed by atoms with Gasteiger partial charge in [0, 0.05) is 35.1 Å². The molecule has 0 atom stereocenters. The lowest BCUT2D eigenvalue weighted by Crippen LogP contribution is -2.26. The summed E-state index contributed by atoms with van der Waals surface area (Å²) >= 11 is 0. The van der Waals surface area contributed by atoms with Crippen LogP contribution >= 0.6 is 0 Å². The number of anilines is 1. The van der Waals surface area contributed by atoms with E-state index in [4.69, 9.17) is 19.7 Å². The van der Waals surface area contributed by atoms with Gasteiger partial charge in [0.15, 0.2) is 0 Å². The van der Waals surface area contributed by atoms with Gasteiger partial charge < -0.3 is 30.3 Å². The molecule has 178 valence electrons. The zero-order valence-corrected chi connectivity index (χ0v) is 20.9. The van der Waals surface area contributed by atoms with Crippen LogP contribution in [0.2, 0.25) is 0 Å². The van der Waals surface area contributed by atoms with Gasteiger partial charge in [-0.1, -0.05) is 25.9 Å². The molecule has 0 radical (unpaired) electrons. The van der Waals surface area contributed by atoms with E-state index in [1.54, 1.807) is 13.3 Å². The maximum atomic E-state index is 8.69. The Hall–Kier alpha value is -3.88. The van der Waals surface area contributed by atoms with Crippen molar-refractivity contribution in [1.82, 2.24) is 25.4 Å². The molecular weight excluding hydrogens is 430 g/mol. The van der Waals surface area contributed by atoms with Crippen molar-refractivity contribution in [3.63, 3.8) is 0 Å². The molecule has 0 saturated heterocycles. The van der Waals surface area contributed by atoms with Crippen molar-refractivity contribution < 1.29 is 9.26 Å². The lowest BCUT2D eigenvalue weighted by molar-refractivity contribution is 0.393. The zero-order valence-electron chi connectivity index (χ0n) is 20.9. The summed E-state index contributed by atoms with van der Waals surface area (Å²) in [5.74, 6) is 2.66. The Morgan fingerprint density at radius 1 is 1.18 bits per heavy atom. The average molecular weight is 462 g/mol. The number of aryl methyl sites for hydroxylation is 3. The van der Waals surface area contributed by atoms with Crippen molar-refractivity contribution in [3.05, 3.63) is 41.3 Å². The zero-order chi connectivity index (χ0) is 24.8. The van der Waals surface area contributed by atoms with E-state index in [0.717, 1.165) is 38.9 Å². The summed E-state index contributed by atoms with van der Waals surface area (Å²) in [5, 5.41) is 20.9. The molecule has 0 unspecified atom stereocenters.